The fourth-order valence-electron chi connectivity index (χ4n) is 3.71. The molecule has 0 saturated carbocycles. The van der Waals surface area contributed by atoms with Crippen LogP contribution in [0.2, 0.25) is 0 Å². The molecule has 9 heteroatoms. The molecule has 0 bridgehead atoms. The third-order valence-corrected chi connectivity index (χ3v) is 6.18. The van der Waals surface area contributed by atoms with Gasteiger partial charge in [0.25, 0.3) is 5.91 Å². The summed E-state index contributed by atoms with van der Waals surface area (Å²) in [5, 5.41) is 9.42. The number of benzene rings is 1. The molecule has 0 unspecified atom stereocenters. The SMILES string of the molecule is O=C(NCCCC(=O)N1CCC(C(=O)Nc2ccc3c(c2)OCO3)CC1)c1ccsc1. The van der Waals surface area contributed by atoms with Crippen LogP contribution in [0.3, 0.4) is 0 Å². The predicted molar refractivity (Wildman–Crippen MR) is 116 cm³/mol. The lowest BCUT2D eigenvalue weighted by molar-refractivity contribution is -0.134. The zero-order valence-electron chi connectivity index (χ0n) is 17.1. The summed E-state index contributed by atoms with van der Waals surface area (Å²) < 4.78 is 10.6. The second-order valence-electron chi connectivity index (χ2n) is 7.58. The number of carbonyl (C=O) groups is 3. The average Bonchev–Trinajstić information content (AvgIpc) is 3.48. The third-order valence-electron chi connectivity index (χ3n) is 5.49. The van der Waals surface area contributed by atoms with Crippen molar-refractivity contribution < 1.29 is 23.9 Å². The Labute approximate surface area is 184 Å². The minimum Gasteiger partial charge on any atom is -0.454 e. The Morgan fingerprint density at radius 2 is 1.90 bits per heavy atom. The van der Waals surface area contributed by atoms with Crippen LogP contribution in [0.1, 0.15) is 36.0 Å². The number of nitrogens with one attached hydrogen (secondary N) is 2. The molecule has 8 nitrogen and oxygen atoms in total. The van der Waals surface area contributed by atoms with Crippen LogP contribution in [0, 0.1) is 5.92 Å². The second kappa shape index (κ2) is 9.82. The van der Waals surface area contributed by atoms with Gasteiger partial charge in [-0.25, -0.2) is 0 Å². The molecule has 2 aliphatic heterocycles. The van der Waals surface area contributed by atoms with E-state index in [-0.39, 0.29) is 30.4 Å². The number of thiophene rings is 1. The molecule has 4 rings (SSSR count). The predicted octanol–water partition coefficient (Wildman–Crippen LogP) is 2.86. The fourth-order valence-corrected chi connectivity index (χ4v) is 4.34. The standard InChI is InChI=1S/C22H25N3O5S/c26-20(2-1-8-23-21(27)16-7-11-31-13-16)25-9-5-15(6-10-25)22(28)24-17-3-4-18-19(12-17)30-14-29-18/h3-4,7,11-13,15H,1-2,5-6,8-10,14H2,(H,23,27)(H,24,28). The van der Waals surface area contributed by atoms with Crippen molar-refractivity contribution in [2.45, 2.75) is 25.7 Å². The molecule has 0 aliphatic carbocycles. The number of hydrogen-bond donors (Lipinski definition) is 2. The van der Waals surface area contributed by atoms with E-state index in [0.29, 0.717) is 68.1 Å². The van der Waals surface area contributed by atoms with E-state index in [1.54, 1.807) is 29.6 Å². The molecule has 1 fully saturated rings. The molecule has 1 aromatic heterocycles. The van der Waals surface area contributed by atoms with Crippen molar-refractivity contribution in [3.63, 3.8) is 0 Å². The van der Waals surface area contributed by atoms with Gasteiger partial charge in [-0.15, -0.1) is 0 Å². The van der Waals surface area contributed by atoms with E-state index in [0.717, 1.165) is 0 Å². The molecule has 0 spiro atoms. The fraction of sp³-hybridized carbons (Fsp3) is 0.409. The molecule has 2 aliphatic rings. The van der Waals surface area contributed by atoms with Gasteiger partial charge in [0.05, 0.1) is 0 Å². The van der Waals surface area contributed by atoms with Gasteiger partial charge < -0.3 is 25.0 Å². The van der Waals surface area contributed by atoms with Crippen LogP contribution >= 0.6 is 11.3 Å². The monoisotopic (exact) mass is 443 g/mol. The first-order valence-electron chi connectivity index (χ1n) is 10.4. The van der Waals surface area contributed by atoms with Gasteiger partial charge in [-0.3, -0.25) is 14.4 Å². The Morgan fingerprint density at radius 1 is 1.10 bits per heavy atom. The van der Waals surface area contributed by atoms with Crippen LogP contribution in [-0.4, -0.2) is 49.0 Å². The van der Waals surface area contributed by atoms with Crippen molar-refractivity contribution >= 4 is 34.7 Å². The largest absolute Gasteiger partial charge is 0.454 e. The molecule has 0 atom stereocenters. The maximum atomic E-state index is 12.6. The van der Waals surface area contributed by atoms with E-state index in [1.807, 2.05) is 10.3 Å². The number of amides is 3. The highest BCUT2D eigenvalue weighted by Crippen LogP contribution is 2.34. The molecule has 3 amide bonds. The normalized spacial score (nSPS) is 15.5. The molecule has 2 N–H and O–H groups in total. The van der Waals surface area contributed by atoms with Crippen molar-refractivity contribution in [3.05, 3.63) is 40.6 Å². The smallest absolute Gasteiger partial charge is 0.252 e. The van der Waals surface area contributed by atoms with Crippen LogP contribution in [0.5, 0.6) is 11.5 Å². The summed E-state index contributed by atoms with van der Waals surface area (Å²) in [5.74, 6) is 1.10. The second-order valence-corrected chi connectivity index (χ2v) is 8.36. The maximum Gasteiger partial charge on any atom is 0.252 e. The van der Waals surface area contributed by atoms with Gasteiger partial charge in [-0.05, 0) is 42.8 Å². The number of fused-ring (bicyclic) bond motifs is 1. The van der Waals surface area contributed by atoms with E-state index in [2.05, 4.69) is 10.6 Å². The van der Waals surface area contributed by atoms with Crippen molar-refractivity contribution in [1.29, 1.82) is 0 Å². The number of rotatable bonds is 7. The first kappa shape index (κ1) is 21.2. The zero-order valence-corrected chi connectivity index (χ0v) is 17.9. The molecule has 2 aromatic rings. The zero-order chi connectivity index (χ0) is 21.6. The third kappa shape index (κ3) is 5.35. The van der Waals surface area contributed by atoms with Crippen LogP contribution in [0.25, 0.3) is 0 Å². The van der Waals surface area contributed by atoms with E-state index in [9.17, 15) is 14.4 Å². The van der Waals surface area contributed by atoms with Gasteiger partial charge in [-0.1, -0.05) is 0 Å². The summed E-state index contributed by atoms with van der Waals surface area (Å²) in [6, 6.07) is 7.11. The Kier molecular flexibility index (Phi) is 6.71. The Morgan fingerprint density at radius 3 is 2.68 bits per heavy atom. The van der Waals surface area contributed by atoms with Crippen LogP contribution in [0.15, 0.2) is 35.0 Å². The highest BCUT2D eigenvalue weighted by Gasteiger charge is 2.27. The van der Waals surface area contributed by atoms with Crippen LogP contribution in [0.4, 0.5) is 5.69 Å². The van der Waals surface area contributed by atoms with E-state index in [4.69, 9.17) is 9.47 Å². The number of anilines is 1. The van der Waals surface area contributed by atoms with E-state index in [1.165, 1.54) is 11.3 Å². The summed E-state index contributed by atoms with van der Waals surface area (Å²) in [6.07, 6.45) is 2.26. The highest BCUT2D eigenvalue weighted by atomic mass is 32.1. The van der Waals surface area contributed by atoms with Crippen molar-refractivity contribution in [3.8, 4) is 11.5 Å². The summed E-state index contributed by atoms with van der Waals surface area (Å²) in [4.78, 5) is 38.7. The van der Waals surface area contributed by atoms with Gasteiger partial charge in [-0.2, -0.15) is 11.3 Å². The summed E-state index contributed by atoms with van der Waals surface area (Å²) >= 11 is 1.48. The lowest BCUT2D eigenvalue weighted by Crippen LogP contribution is -2.41. The number of ether oxygens (including phenoxy) is 2. The number of likely N-dealkylation sites (tertiary alicyclic amines) is 1. The topological polar surface area (TPSA) is 97.0 Å². The molecule has 3 heterocycles. The molecule has 0 radical (unpaired) electrons. The molecular weight excluding hydrogens is 418 g/mol. The molecule has 164 valence electrons. The maximum absolute atomic E-state index is 12.6. The first-order chi connectivity index (χ1) is 15.1. The molecule has 1 aromatic carbocycles. The van der Waals surface area contributed by atoms with Crippen molar-refractivity contribution in [2.75, 3.05) is 31.7 Å². The summed E-state index contributed by atoms with van der Waals surface area (Å²) in [7, 11) is 0. The van der Waals surface area contributed by atoms with E-state index < -0.39 is 0 Å². The van der Waals surface area contributed by atoms with Gasteiger partial charge in [0, 0.05) is 54.7 Å². The van der Waals surface area contributed by atoms with Gasteiger partial charge >= 0.3 is 0 Å². The molecular formula is C22H25N3O5S. The van der Waals surface area contributed by atoms with Gasteiger partial charge in [0.15, 0.2) is 11.5 Å². The number of piperidine rings is 1. The Bertz CT molecular complexity index is 939. The number of hydrogen-bond acceptors (Lipinski definition) is 6. The minimum absolute atomic E-state index is 0.0397. The first-order valence-corrected chi connectivity index (χ1v) is 11.3. The summed E-state index contributed by atoms with van der Waals surface area (Å²) in [6.45, 7) is 1.80. The number of nitrogens with zero attached hydrogens (tertiary/aromatic N) is 1. The van der Waals surface area contributed by atoms with Crippen molar-refractivity contribution in [1.82, 2.24) is 10.2 Å². The Balaban J connectivity index is 1.15. The van der Waals surface area contributed by atoms with Crippen LogP contribution in [-0.2, 0) is 9.59 Å². The molecule has 1 saturated heterocycles. The number of carbonyl (C=O) groups excluding carboxylic acids is 3. The minimum atomic E-state index is -0.126. The summed E-state index contributed by atoms with van der Waals surface area (Å²) in [5.41, 5.74) is 1.33. The lowest BCUT2D eigenvalue weighted by Gasteiger charge is -2.31. The Hall–Kier alpha value is -3.07. The quantitative estimate of drug-likeness (QED) is 0.642. The van der Waals surface area contributed by atoms with Gasteiger partial charge in [0.1, 0.15) is 0 Å². The highest BCUT2D eigenvalue weighted by molar-refractivity contribution is 7.08. The van der Waals surface area contributed by atoms with Gasteiger partial charge in [0.2, 0.25) is 18.6 Å². The van der Waals surface area contributed by atoms with E-state index >= 15 is 0 Å². The van der Waals surface area contributed by atoms with Crippen molar-refractivity contribution in [2.24, 2.45) is 5.92 Å². The lowest BCUT2D eigenvalue weighted by atomic mass is 9.95. The molecule has 31 heavy (non-hydrogen) atoms. The average molecular weight is 444 g/mol. The van der Waals surface area contributed by atoms with Crippen LogP contribution < -0.4 is 20.1 Å².